The molecule has 5 rings (SSSR count). The smallest absolute Gasteiger partial charge is 0.292 e. The summed E-state index contributed by atoms with van der Waals surface area (Å²) >= 11 is 0. The molecule has 9 nitrogen and oxygen atoms in total. The van der Waals surface area contributed by atoms with Gasteiger partial charge in [-0.25, -0.2) is 0 Å². The largest absolute Gasteiger partial charge is 0.486 e. The van der Waals surface area contributed by atoms with E-state index < -0.39 is 5.91 Å². The maximum absolute atomic E-state index is 12.4. The lowest BCUT2D eigenvalue weighted by atomic mass is 10.0. The molecule has 0 radical (unpaired) electrons. The van der Waals surface area contributed by atoms with Crippen molar-refractivity contribution in [2.75, 3.05) is 19.7 Å². The summed E-state index contributed by atoms with van der Waals surface area (Å²) in [6, 6.07) is 24.7. The molecule has 1 unspecified atom stereocenters. The molecule has 1 atom stereocenters. The molecule has 0 bridgehead atoms. The van der Waals surface area contributed by atoms with Crippen LogP contribution in [0.4, 0.5) is 0 Å². The van der Waals surface area contributed by atoms with E-state index in [4.69, 9.17) is 14.0 Å². The Morgan fingerprint density at radius 2 is 1.56 bits per heavy atom. The maximum atomic E-state index is 12.4. The minimum Gasteiger partial charge on any atom is -0.486 e. The summed E-state index contributed by atoms with van der Waals surface area (Å²) in [6.45, 7) is 0.842. The fourth-order valence-corrected chi connectivity index (χ4v) is 3.73. The molecule has 3 aromatic carbocycles. The zero-order valence-electron chi connectivity index (χ0n) is 19.3. The van der Waals surface area contributed by atoms with Crippen molar-refractivity contribution in [3.8, 4) is 22.6 Å². The third-order valence-electron chi connectivity index (χ3n) is 5.61. The van der Waals surface area contributed by atoms with Crippen molar-refractivity contribution in [3.05, 3.63) is 96.1 Å². The number of fused-ring (bicyclic) bond motifs is 1. The first-order valence-electron chi connectivity index (χ1n) is 11.6. The van der Waals surface area contributed by atoms with Gasteiger partial charge in [0.1, 0.15) is 12.7 Å². The summed E-state index contributed by atoms with van der Waals surface area (Å²) in [7, 11) is 0. The van der Waals surface area contributed by atoms with Gasteiger partial charge in [-0.3, -0.25) is 9.59 Å². The molecule has 1 aliphatic heterocycles. The van der Waals surface area contributed by atoms with Crippen molar-refractivity contribution in [1.29, 1.82) is 0 Å². The van der Waals surface area contributed by atoms with Crippen molar-refractivity contribution < 1.29 is 23.6 Å². The highest BCUT2D eigenvalue weighted by molar-refractivity contribution is 5.94. The number of hydrogen-bond donors (Lipinski definition) is 2. The molecule has 36 heavy (non-hydrogen) atoms. The van der Waals surface area contributed by atoms with Crippen LogP contribution in [0.2, 0.25) is 0 Å². The number of nitrogens with zero attached hydrogens (tertiary/aromatic N) is 2. The van der Waals surface area contributed by atoms with E-state index in [1.807, 2.05) is 66.7 Å². The molecular weight excluding hydrogens is 460 g/mol. The number of hydrogen-bond acceptors (Lipinski definition) is 7. The van der Waals surface area contributed by atoms with Crippen LogP contribution in [0.5, 0.6) is 11.5 Å². The minimum absolute atomic E-state index is 0.0787. The normalized spacial score (nSPS) is 14.2. The van der Waals surface area contributed by atoms with Gasteiger partial charge in [-0.2, -0.15) is 4.98 Å². The van der Waals surface area contributed by atoms with E-state index in [1.165, 1.54) is 0 Å². The number of rotatable bonds is 8. The number of amides is 2. The molecule has 0 saturated heterocycles. The first kappa shape index (κ1) is 23.1. The first-order chi connectivity index (χ1) is 17.7. The fourth-order valence-electron chi connectivity index (χ4n) is 3.73. The Balaban J connectivity index is 1.06. The molecule has 2 amide bonds. The van der Waals surface area contributed by atoms with Crippen LogP contribution in [0.15, 0.2) is 83.4 Å². The molecule has 0 spiro atoms. The zero-order valence-corrected chi connectivity index (χ0v) is 19.3. The molecule has 0 aliphatic carbocycles. The number of ether oxygens (including phenoxy) is 2. The Kier molecular flexibility index (Phi) is 6.88. The van der Waals surface area contributed by atoms with Gasteiger partial charge in [-0.15, -0.1) is 0 Å². The molecule has 9 heteroatoms. The number of nitrogens with one attached hydrogen (secondary N) is 2. The van der Waals surface area contributed by atoms with Gasteiger partial charge in [-0.05, 0) is 35.4 Å². The Labute approximate surface area is 207 Å². The van der Waals surface area contributed by atoms with Gasteiger partial charge in [0.05, 0.1) is 6.54 Å². The van der Waals surface area contributed by atoms with Gasteiger partial charge in [-0.1, -0.05) is 59.8 Å². The second-order valence-electron chi connectivity index (χ2n) is 8.17. The lowest BCUT2D eigenvalue weighted by Gasteiger charge is -2.26. The molecule has 182 valence electrons. The second kappa shape index (κ2) is 10.7. The highest BCUT2D eigenvalue weighted by Crippen LogP contribution is 2.30. The van der Waals surface area contributed by atoms with E-state index in [9.17, 15) is 9.59 Å². The predicted molar refractivity (Wildman–Crippen MR) is 131 cm³/mol. The van der Waals surface area contributed by atoms with Crippen LogP contribution in [0.1, 0.15) is 26.9 Å². The molecule has 1 aromatic heterocycles. The van der Waals surface area contributed by atoms with Crippen molar-refractivity contribution in [1.82, 2.24) is 20.8 Å². The van der Waals surface area contributed by atoms with Crippen molar-refractivity contribution >= 4 is 11.8 Å². The average Bonchev–Trinajstić information content (AvgIpc) is 3.41. The summed E-state index contributed by atoms with van der Waals surface area (Å²) in [4.78, 5) is 28.9. The van der Waals surface area contributed by atoms with Crippen LogP contribution in [-0.2, 0) is 6.42 Å². The number of aromatic nitrogens is 2. The Bertz CT molecular complexity index is 1340. The second-order valence-corrected chi connectivity index (χ2v) is 8.17. The van der Waals surface area contributed by atoms with Gasteiger partial charge in [0.15, 0.2) is 11.5 Å². The van der Waals surface area contributed by atoms with Crippen LogP contribution in [0.3, 0.4) is 0 Å². The third kappa shape index (κ3) is 5.52. The predicted octanol–water partition coefficient (Wildman–Crippen LogP) is 3.28. The monoisotopic (exact) mass is 484 g/mol. The fraction of sp³-hybridized carbons (Fsp3) is 0.185. The van der Waals surface area contributed by atoms with Gasteiger partial charge in [0.2, 0.25) is 5.89 Å². The number of benzene rings is 3. The van der Waals surface area contributed by atoms with Crippen molar-refractivity contribution in [2.24, 2.45) is 0 Å². The molecule has 0 saturated carbocycles. The molecule has 0 fully saturated rings. The van der Waals surface area contributed by atoms with Crippen LogP contribution in [0.25, 0.3) is 11.1 Å². The van der Waals surface area contributed by atoms with Gasteiger partial charge in [0.25, 0.3) is 17.6 Å². The summed E-state index contributed by atoms with van der Waals surface area (Å²) < 4.78 is 16.6. The van der Waals surface area contributed by atoms with Crippen LogP contribution < -0.4 is 20.1 Å². The molecule has 1 aliphatic rings. The standard InChI is InChI=1S/C27H24N4O5/c32-26(20-12-10-19(11-13-20)18-6-2-1-3-7-18)28-15-14-24-30-25(31-36-24)27(33)29-16-21-17-34-22-8-4-5-9-23(22)35-21/h1-13,21H,14-17H2,(H,28,32)(H,29,33). The minimum atomic E-state index is -0.477. The van der Waals surface area contributed by atoms with Gasteiger partial charge < -0.3 is 24.6 Å². The van der Waals surface area contributed by atoms with Crippen molar-refractivity contribution in [3.63, 3.8) is 0 Å². The van der Waals surface area contributed by atoms with Gasteiger partial charge in [0, 0.05) is 18.5 Å². The summed E-state index contributed by atoms with van der Waals surface area (Å²) in [5, 5.41) is 9.28. The summed E-state index contributed by atoms with van der Waals surface area (Å²) in [5.74, 6) is 0.813. The summed E-state index contributed by atoms with van der Waals surface area (Å²) in [6.07, 6.45) is -0.0306. The van der Waals surface area contributed by atoms with Crippen LogP contribution in [-0.4, -0.2) is 47.8 Å². The first-order valence-corrected chi connectivity index (χ1v) is 11.6. The van der Waals surface area contributed by atoms with E-state index in [2.05, 4.69) is 20.8 Å². The van der Waals surface area contributed by atoms with Crippen LogP contribution in [0, 0.1) is 0 Å². The topological polar surface area (TPSA) is 116 Å². The van der Waals surface area contributed by atoms with E-state index in [0.29, 0.717) is 30.1 Å². The molecule has 4 aromatic rings. The van der Waals surface area contributed by atoms with Crippen LogP contribution >= 0.6 is 0 Å². The van der Waals surface area contributed by atoms with E-state index in [0.717, 1.165) is 11.1 Å². The molecule has 2 heterocycles. The number of para-hydroxylation sites is 2. The summed E-state index contributed by atoms with van der Waals surface area (Å²) in [5.41, 5.74) is 2.68. The highest BCUT2D eigenvalue weighted by atomic mass is 16.6. The Morgan fingerprint density at radius 3 is 2.36 bits per heavy atom. The number of carbonyl (C=O) groups excluding carboxylic acids is 2. The third-order valence-corrected chi connectivity index (χ3v) is 5.61. The van der Waals surface area contributed by atoms with E-state index in [-0.39, 0.29) is 36.8 Å². The average molecular weight is 485 g/mol. The van der Waals surface area contributed by atoms with Crippen molar-refractivity contribution in [2.45, 2.75) is 12.5 Å². The molecule has 2 N–H and O–H groups in total. The lowest BCUT2D eigenvalue weighted by Crippen LogP contribution is -2.41. The Morgan fingerprint density at radius 1 is 0.833 bits per heavy atom. The number of carbonyl (C=O) groups is 2. The lowest BCUT2D eigenvalue weighted by molar-refractivity contribution is 0.0781. The SMILES string of the molecule is O=C(NCCc1nc(C(=O)NCC2COc3ccccc3O2)no1)c1ccc(-c2ccccc2)cc1. The molecular formula is C27H24N4O5. The quantitative estimate of drug-likeness (QED) is 0.394. The van der Waals surface area contributed by atoms with E-state index in [1.54, 1.807) is 12.1 Å². The van der Waals surface area contributed by atoms with Gasteiger partial charge >= 0.3 is 0 Å². The maximum Gasteiger partial charge on any atom is 0.292 e. The van der Waals surface area contributed by atoms with E-state index >= 15 is 0 Å². The highest BCUT2D eigenvalue weighted by Gasteiger charge is 2.22. The zero-order chi connectivity index (χ0) is 24.7. The Hall–Kier alpha value is -4.66.